The minimum atomic E-state index is -0.549. The van der Waals surface area contributed by atoms with Crippen molar-refractivity contribution < 1.29 is 4.79 Å². The van der Waals surface area contributed by atoms with Crippen molar-refractivity contribution in [1.29, 1.82) is 5.26 Å². The van der Waals surface area contributed by atoms with E-state index in [-0.39, 0.29) is 5.57 Å². The van der Waals surface area contributed by atoms with Gasteiger partial charge in [0, 0.05) is 9.50 Å². The molecule has 0 saturated heterocycles. The van der Waals surface area contributed by atoms with Gasteiger partial charge in [-0.25, -0.2) is 0 Å². The van der Waals surface area contributed by atoms with Crippen LogP contribution in [0.1, 0.15) is 5.56 Å². The van der Waals surface area contributed by atoms with Crippen LogP contribution in [0, 0.1) is 11.3 Å². The predicted octanol–water partition coefficient (Wildman–Crippen LogP) is 5.30. The van der Waals surface area contributed by atoms with Crippen molar-refractivity contribution in [2.45, 2.75) is 0 Å². The Kier molecular flexibility index (Phi) is 5.62. The highest BCUT2D eigenvalue weighted by Crippen LogP contribution is 2.26. The van der Waals surface area contributed by atoms with E-state index in [9.17, 15) is 10.1 Å². The number of nitrogens with one attached hydrogen (secondary N) is 1. The SMILES string of the molecule is N#C/C(=C\c1cccc(Br)c1)C(=O)Nc1cc(Cl)ccc1Cl. The van der Waals surface area contributed by atoms with Crippen LogP contribution in [0.3, 0.4) is 0 Å². The smallest absolute Gasteiger partial charge is 0.266 e. The highest BCUT2D eigenvalue weighted by atomic mass is 79.9. The van der Waals surface area contributed by atoms with Gasteiger partial charge in [0.2, 0.25) is 0 Å². The summed E-state index contributed by atoms with van der Waals surface area (Å²) in [6.45, 7) is 0. The molecule has 0 aliphatic heterocycles. The number of rotatable bonds is 3. The topological polar surface area (TPSA) is 52.9 Å². The van der Waals surface area contributed by atoms with E-state index in [1.54, 1.807) is 24.3 Å². The van der Waals surface area contributed by atoms with Crippen LogP contribution in [-0.4, -0.2) is 5.91 Å². The van der Waals surface area contributed by atoms with Crippen molar-refractivity contribution in [3.05, 3.63) is 68.1 Å². The molecule has 0 aromatic heterocycles. The molecule has 1 N–H and O–H groups in total. The predicted molar refractivity (Wildman–Crippen MR) is 92.8 cm³/mol. The van der Waals surface area contributed by atoms with Crippen LogP contribution in [0.5, 0.6) is 0 Å². The van der Waals surface area contributed by atoms with Crippen LogP contribution in [0.4, 0.5) is 5.69 Å². The summed E-state index contributed by atoms with van der Waals surface area (Å²) in [6.07, 6.45) is 1.50. The standard InChI is InChI=1S/C16H9BrCl2N2O/c17-12-3-1-2-10(7-12)6-11(9-20)16(22)21-15-8-13(18)4-5-14(15)19/h1-8H,(H,21,22)/b11-6+. The third-order valence-corrected chi connectivity index (χ3v) is 3.76. The molecule has 22 heavy (non-hydrogen) atoms. The van der Waals surface area contributed by atoms with Crippen LogP contribution < -0.4 is 5.32 Å². The van der Waals surface area contributed by atoms with E-state index in [2.05, 4.69) is 21.2 Å². The van der Waals surface area contributed by atoms with Crippen LogP contribution in [0.15, 0.2) is 52.5 Å². The molecule has 1 amide bonds. The van der Waals surface area contributed by atoms with Crippen molar-refractivity contribution in [2.75, 3.05) is 5.32 Å². The molecule has 0 heterocycles. The van der Waals surface area contributed by atoms with Gasteiger partial charge in [0.05, 0.1) is 10.7 Å². The van der Waals surface area contributed by atoms with Gasteiger partial charge in [-0.1, -0.05) is 51.3 Å². The first-order valence-corrected chi connectivity index (χ1v) is 7.68. The molecule has 2 rings (SSSR count). The number of anilines is 1. The van der Waals surface area contributed by atoms with Crippen molar-refractivity contribution in [2.24, 2.45) is 0 Å². The van der Waals surface area contributed by atoms with Gasteiger partial charge < -0.3 is 5.32 Å². The van der Waals surface area contributed by atoms with Gasteiger partial charge in [-0.15, -0.1) is 0 Å². The number of carbonyl (C=O) groups is 1. The van der Waals surface area contributed by atoms with Gasteiger partial charge in [0.1, 0.15) is 11.6 Å². The molecule has 0 spiro atoms. The van der Waals surface area contributed by atoms with Crippen LogP contribution in [0.25, 0.3) is 6.08 Å². The summed E-state index contributed by atoms with van der Waals surface area (Å²) in [5.41, 5.74) is 1.06. The number of carbonyl (C=O) groups excluding carboxylic acids is 1. The van der Waals surface area contributed by atoms with E-state index in [4.69, 9.17) is 23.2 Å². The molecule has 6 heteroatoms. The summed E-state index contributed by atoms with van der Waals surface area (Å²) >= 11 is 15.2. The molecular formula is C16H9BrCl2N2O. The normalized spacial score (nSPS) is 10.9. The summed E-state index contributed by atoms with van der Waals surface area (Å²) in [6, 6.07) is 13.9. The highest BCUT2D eigenvalue weighted by molar-refractivity contribution is 9.10. The van der Waals surface area contributed by atoms with Crippen molar-refractivity contribution in [1.82, 2.24) is 0 Å². The van der Waals surface area contributed by atoms with Crippen LogP contribution in [-0.2, 0) is 4.79 Å². The van der Waals surface area contributed by atoms with Crippen LogP contribution >= 0.6 is 39.1 Å². The van der Waals surface area contributed by atoms with E-state index in [0.717, 1.165) is 10.0 Å². The van der Waals surface area contributed by atoms with E-state index in [1.165, 1.54) is 12.1 Å². The minimum absolute atomic E-state index is 0.0332. The van der Waals surface area contributed by atoms with Gasteiger partial charge in [-0.3, -0.25) is 4.79 Å². The lowest BCUT2D eigenvalue weighted by Gasteiger charge is -2.07. The molecule has 0 aliphatic carbocycles. The fourth-order valence-electron chi connectivity index (χ4n) is 1.69. The summed E-state index contributed by atoms with van der Waals surface area (Å²) in [5.74, 6) is -0.549. The Hall–Kier alpha value is -1.80. The van der Waals surface area contributed by atoms with E-state index < -0.39 is 5.91 Å². The van der Waals surface area contributed by atoms with Crippen LogP contribution in [0.2, 0.25) is 10.0 Å². The number of halogens is 3. The largest absolute Gasteiger partial charge is 0.320 e. The Bertz CT molecular complexity index is 797. The molecule has 0 radical (unpaired) electrons. The summed E-state index contributed by atoms with van der Waals surface area (Å²) < 4.78 is 0.858. The van der Waals surface area contributed by atoms with E-state index in [0.29, 0.717) is 15.7 Å². The maximum atomic E-state index is 12.2. The summed E-state index contributed by atoms with van der Waals surface area (Å²) in [5, 5.41) is 12.5. The lowest BCUT2D eigenvalue weighted by molar-refractivity contribution is -0.112. The van der Waals surface area contributed by atoms with Gasteiger partial charge in [-0.05, 0) is 42.0 Å². The number of benzene rings is 2. The van der Waals surface area contributed by atoms with Gasteiger partial charge in [0.15, 0.2) is 0 Å². The Morgan fingerprint density at radius 3 is 2.68 bits per heavy atom. The first-order chi connectivity index (χ1) is 10.5. The minimum Gasteiger partial charge on any atom is -0.320 e. The van der Waals surface area contributed by atoms with Crippen molar-refractivity contribution in [3.8, 4) is 6.07 Å². The zero-order valence-electron chi connectivity index (χ0n) is 11.1. The second kappa shape index (κ2) is 7.46. The first-order valence-electron chi connectivity index (χ1n) is 6.13. The molecule has 0 bridgehead atoms. The quantitative estimate of drug-likeness (QED) is 0.566. The van der Waals surface area contributed by atoms with E-state index >= 15 is 0 Å². The zero-order chi connectivity index (χ0) is 16.1. The average Bonchev–Trinajstić information content (AvgIpc) is 2.48. The Labute approximate surface area is 146 Å². The Morgan fingerprint density at radius 2 is 2.00 bits per heavy atom. The highest BCUT2D eigenvalue weighted by Gasteiger charge is 2.12. The number of hydrogen-bond donors (Lipinski definition) is 1. The molecule has 0 atom stereocenters. The monoisotopic (exact) mass is 394 g/mol. The molecular weight excluding hydrogens is 387 g/mol. The molecule has 110 valence electrons. The van der Waals surface area contributed by atoms with Gasteiger partial charge in [0.25, 0.3) is 5.91 Å². The summed E-state index contributed by atoms with van der Waals surface area (Å²) in [4.78, 5) is 12.2. The lowest BCUT2D eigenvalue weighted by atomic mass is 10.1. The van der Waals surface area contributed by atoms with Crippen molar-refractivity contribution in [3.63, 3.8) is 0 Å². The Balaban J connectivity index is 2.26. The molecule has 0 fully saturated rings. The molecule has 0 aliphatic rings. The fourth-order valence-corrected chi connectivity index (χ4v) is 2.45. The molecule has 0 unspecified atom stereocenters. The molecule has 0 saturated carbocycles. The third-order valence-electron chi connectivity index (χ3n) is 2.70. The van der Waals surface area contributed by atoms with Crippen molar-refractivity contribution >= 4 is 56.8 Å². The number of amides is 1. The third kappa shape index (κ3) is 4.35. The Morgan fingerprint density at radius 1 is 1.23 bits per heavy atom. The molecule has 2 aromatic carbocycles. The zero-order valence-corrected chi connectivity index (χ0v) is 14.2. The first kappa shape index (κ1) is 16.6. The number of nitrogens with zero attached hydrogens (tertiary/aromatic N) is 1. The second-order valence-electron chi connectivity index (χ2n) is 4.30. The molecule has 2 aromatic rings. The van der Waals surface area contributed by atoms with E-state index in [1.807, 2.05) is 18.2 Å². The number of hydrogen-bond acceptors (Lipinski definition) is 2. The maximum Gasteiger partial charge on any atom is 0.266 e. The lowest BCUT2D eigenvalue weighted by Crippen LogP contribution is -2.13. The molecule has 3 nitrogen and oxygen atoms in total. The average molecular weight is 396 g/mol. The van der Waals surface area contributed by atoms with Gasteiger partial charge in [-0.2, -0.15) is 5.26 Å². The van der Waals surface area contributed by atoms with Gasteiger partial charge >= 0.3 is 0 Å². The number of nitriles is 1. The summed E-state index contributed by atoms with van der Waals surface area (Å²) in [7, 11) is 0. The fraction of sp³-hybridized carbons (Fsp3) is 0. The maximum absolute atomic E-state index is 12.2. The second-order valence-corrected chi connectivity index (χ2v) is 6.06.